The van der Waals surface area contributed by atoms with Crippen LogP contribution in [0.2, 0.25) is 0 Å². The average Bonchev–Trinajstić information content (AvgIpc) is 1.19. The Morgan fingerprint density at radius 1 is 0.917 bits per heavy atom. The molecule has 0 bridgehead atoms. The predicted molar refractivity (Wildman–Crippen MR) is 46.3 cm³/mol. The molecule has 0 fully saturated rings. The second-order valence-corrected chi connectivity index (χ2v) is 1.63. The van der Waals surface area contributed by atoms with Crippen LogP contribution < -0.4 is 0 Å². The van der Waals surface area contributed by atoms with Crippen molar-refractivity contribution in [3.63, 3.8) is 0 Å². The van der Waals surface area contributed by atoms with E-state index in [4.69, 9.17) is 32.5 Å². The van der Waals surface area contributed by atoms with E-state index in [1.54, 1.807) is 0 Å². The zero-order chi connectivity index (χ0) is 8.08. The summed E-state index contributed by atoms with van der Waals surface area (Å²) in [4.78, 5) is 8.56. The molecule has 11 heteroatoms. The second-order valence-electron chi connectivity index (χ2n) is 0.730. The molecule has 0 rings (SSSR count). The Balaban J connectivity index is -0.0000000221. The fraction of sp³-hybridized carbons (Fsp3) is 0. The van der Waals surface area contributed by atoms with E-state index in [0.717, 1.165) is 0 Å². The van der Waals surface area contributed by atoms with Crippen molar-refractivity contribution in [2.75, 3.05) is 0 Å². The maximum atomic E-state index is 8.74. The van der Waals surface area contributed by atoms with Gasteiger partial charge < -0.3 is 10.2 Å². The number of hydrogen-bond acceptors (Lipinski definition) is 3. The van der Waals surface area contributed by atoms with Crippen LogP contribution in [0, 0.1) is 0 Å². The van der Waals surface area contributed by atoms with Crippen molar-refractivity contribution < 1.29 is 32.5 Å². The quantitative estimate of drug-likeness (QED) is 0.271. The molecule has 0 unspecified atom stereocenters. The summed E-state index contributed by atoms with van der Waals surface area (Å²) in [6.07, 6.45) is -1.83. The van der Waals surface area contributed by atoms with Crippen molar-refractivity contribution in [1.82, 2.24) is 0 Å². The molecule has 0 atom stereocenters. The van der Waals surface area contributed by atoms with E-state index >= 15 is 0 Å². The molecule has 0 aliphatic heterocycles. The Morgan fingerprint density at radius 3 is 0.917 bits per heavy atom. The van der Waals surface area contributed by atoms with Gasteiger partial charge in [0.25, 0.3) is 0 Å². The van der Waals surface area contributed by atoms with Crippen LogP contribution in [0.5, 0.6) is 0 Å². The van der Waals surface area contributed by atoms with Crippen LogP contribution in [0.25, 0.3) is 0 Å². The minimum atomic E-state index is -4.67. The Kier molecular flexibility index (Phi) is 38.0. The summed E-state index contributed by atoms with van der Waals surface area (Å²) in [7, 11) is -4.67. The second kappa shape index (κ2) is 15.6. The van der Waals surface area contributed by atoms with Gasteiger partial charge in [-0.1, -0.05) is 0 Å². The zero-order valence-electron chi connectivity index (χ0n) is 3.92. The molecule has 7 nitrogen and oxygen atoms in total. The van der Waals surface area contributed by atoms with E-state index in [0.29, 0.717) is 0 Å². The van der Waals surface area contributed by atoms with Crippen LogP contribution in [-0.2, 0) is 10.4 Å². The molecule has 0 spiro atoms. The molecule has 0 amide bonds. The van der Waals surface area contributed by atoms with Crippen molar-refractivity contribution in [2.24, 2.45) is 0 Å². The minimum absolute atomic E-state index is 0. The van der Waals surface area contributed by atoms with Gasteiger partial charge in [0, 0.05) is 0 Å². The number of hydrogen-bond donors (Lipinski definition) is 4. The first-order valence-corrected chi connectivity index (χ1v) is 2.75. The van der Waals surface area contributed by atoms with Gasteiger partial charge >= 0.3 is 105 Å². The Morgan fingerprint density at radius 2 is 0.917 bits per heavy atom. The van der Waals surface area contributed by atoms with Gasteiger partial charge in [0.1, 0.15) is 0 Å². The summed E-state index contributed by atoms with van der Waals surface area (Å²) in [5.41, 5.74) is 0. The fourth-order valence-corrected chi connectivity index (χ4v) is 0. The first-order valence-electron chi connectivity index (χ1n) is 1.35. The van der Waals surface area contributed by atoms with Gasteiger partial charge in [0.2, 0.25) is 0 Å². The van der Waals surface area contributed by atoms with Crippen molar-refractivity contribution in [3.05, 3.63) is 0 Å². The maximum absolute atomic E-state index is 8.74. The molecule has 12 heavy (non-hydrogen) atoms. The third-order valence-electron chi connectivity index (χ3n) is 0. The molecule has 0 radical (unpaired) electrons. The molecular formula is CH7Na3O7S. The van der Waals surface area contributed by atoms with Crippen LogP contribution in [-0.4, -0.2) is 123 Å². The van der Waals surface area contributed by atoms with E-state index in [1.807, 2.05) is 0 Å². The molecule has 0 aromatic carbocycles. The van der Waals surface area contributed by atoms with Gasteiger partial charge in [0.15, 0.2) is 0 Å². The summed E-state index contributed by atoms with van der Waals surface area (Å²) < 4.78 is 31.6. The van der Waals surface area contributed by atoms with Gasteiger partial charge in [-0.25, -0.2) is 4.79 Å². The molecule has 0 aliphatic rings. The van der Waals surface area contributed by atoms with Crippen LogP contribution >= 0.6 is 0 Å². The summed E-state index contributed by atoms with van der Waals surface area (Å²) >= 11 is 0. The van der Waals surface area contributed by atoms with E-state index in [-0.39, 0.29) is 88.7 Å². The van der Waals surface area contributed by atoms with Crippen LogP contribution in [0.4, 0.5) is 4.79 Å². The molecule has 0 saturated carbocycles. The molecule has 4 N–H and O–H groups in total. The Labute approximate surface area is 135 Å². The van der Waals surface area contributed by atoms with Gasteiger partial charge in [-0.3, -0.25) is 9.11 Å². The predicted octanol–water partition coefficient (Wildman–Crippen LogP) is -2.38. The van der Waals surface area contributed by atoms with E-state index in [2.05, 4.69) is 0 Å². The van der Waals surface area contributed by atoms with Gasteiger partial charge in [-0.15, -0.1) is 0 Å². The van der Waals surface area contributed by atoms with E-state index in [9.17, 15) is 0 Å². The van der Waals surface area contributed by atoms with Crippen molar-refractivity contribution in [1.29, 1.82) is 0 Å². The fourth-order valence-electron chi connectivity index (χ4n) is 0. The molecule has 0 saturated heterocycles. The summed E-state index contributed by atoms with van der Waals surface area (Å²) in [6.45, 7) is 0. The molecule has 0 aliphatic carbocycles. The van der Waals surface area contributed by atoms with E-state index in [1.165, 1.54) is 0 Å². The monoisotopic (exact) mass is 232 g/mol. The van der Waals surface area contributed by atoms with Gasteiger partial charge in [0.05, 0.1) is 0 Å². The van der Waals surface area contributed by atoms with Crippen LogP contribution in [0.1, 0.15) is 0 Å². The molecule has 62 valence electrons. The first-order chi connectivity index (χ1) is 3.73. The molecule has 0 aromatic heterocycles. The molecule has 0 aromatic rings. The number of carboxylic acid groups (broad SMARTS) is 2. The van der Waals surface area contributed by atoms with Gasteiger partial charge in [-0.2, -0.15) is 8.42 Å². The zero-order valence-corrected chi connectivity index (χ0v) is 4.74. The van der Waals surface area contributed by atoms with Crippen molar-refractivity contribution in [2.45, 2.75) is 0 Å². The Bertz CT molecular complexity index is 161. The third-order valence-corrected chi connectivity index (χ3v) is 0. The number of rotatable bonds is 0. The summed E-state index contributed by atoms with van der Waals surface area (Å²) in [5, 5.41) is 13.9. The summed E-state index contributed by atoms with van der Waals surface area (Å²) in [5.74, 6) is 0. The standard InChI is InChI=1S/CH2O3.3Na.H2O4S.3H/c2-1(3)4;;;;1-5(2,3)4;;;/h(H2,2,3,4);;;;(H2,1,2,3,4);;;. The SMILES string of the molecule is O=C(O)O.O=S(=O)(O)O.[NaH].[NaH].[NaH]. The van der Waals surface area contributed by atoms with Crippen molar-refractivity contribution in [3.8, 4) is 0 Å². The molecule has 0 heterocycles. The molecular weight excluding hydrogens is 225 g/mol. The summed E-state index contributed by atoms with van der Waals surface area (Å²) in [6, 6.07) is 0. The Hall–Kier alpha value is 2.14. The van der Waals surface area contributed by atoms with Crippen molar-refractivity contribution >= 4 is 105 Å². The van der Waals surface area contributed by atoms with Gasteiger partial charge in [-0.05, 0) is 0 Å². The topological polar surface area (TPSA) is 132 Å². The average molecular weight is 232 g/mol. The first kappa shape index (κ1) is 29.2. The van der Waals surface area contributed by atoms with E-state index < -0.39 is 16.6 Å². The van der Waals surface area contributed by atoms with Crippen LogP contribution in [0.15, 0.2) is 0 Å². The third kappa shape index (κ3) is 329. The number of carbonyl (C=O) groups is 1. The normalized spacial score (nSPS) is 6.83. The van der Waals surface area contributed by atoms with Crippen LogP contribution in [0.3, 0.4) is 0 Å².